The van der Waals surface area contributed by atoms with Gasteiger partial charge in [-0.05, 0) is 38.3 Å². The molecule has 1 N–H and O–H groups in total. The molecule has 1 amide bonds. The van der Waals surface area contributed by atoms with Crippen LogP contribution in [0, 0.1) is 5.92 Å². The Morgan fingerprint density at radius 1 is 1.43 bits per heavy atom. The van der Waals surface area contributed by atoms with E-state index in [0.717, 1.165) is 49.1 Å². The fraction of sp³-hybridized carbons (Fsp3) is 0.714. The highest BCUT2D eigenvalue weighted by molar-refractivity contribution is 7.09. The van der Waals surface area contributed by atoms with Crippen molar-refractivity contribution in [3.05, 3.63) is 16.1 Å². The third-order valence-corrected chi connectivity index (χ3v) is 4.70. The average Bonchev–Trinajstić information content (AvgIpc) is 2.94. The van der Waals surface area contributed by atoms with Gasteiger partial charge in [0.05, 0.1) is 6.54 Å². The van der Waals surface area contributed by atoms with Crippen LogP contribution in [0.25, 0.3) is 0 Å². The van der Waals surface area contributed by atoms with Crippen molar-refractivity contribution in [1.82, 2.24) is 15.2 Å². The number of carbonyl (C=O) groups is 1. The Morgan fingerprint density at radius 2 is 2.09 bits per heavy atom. The zero-order valence-electron chi connectivity index (χ0n) is 12.9. The van der Waals surface area contributed by atoms with E-state index >= 15 is 0 Å². The van der Waals surface area contributed by atoms with Gasteiger partial charge in [-0.1, -0.05) is 0 Å². The van der Waals surface area contributed by atoms with Gasteiger partial charge < -0.3 is 10.2 Å². The van der Waals surface area contributed by atoms with Crippen LogP contribution in [-0.4, -0.2) is 35.9 Å². The molecule has 0 radical (unpaired) electrons. The molecule has 4 nitrogen and oxygen atoms in total. The summed E-state index contributed by atoms with van der Waals surface area (Å²) in [6.45, 7) is 2.12. The first kappa shape index (κ1) is 20.2. The topological polar surface area (TPSA) is 45.2 Å². The fourth-order valence-electron chi connectivity index (χ4n) is 2.49. The number of aromatic nitrogens is 1. The lowest BCUT2D eigenvalue weighted by molar-refractivity contribution is -0.140. The second kappa shape index (κ2) is 8.84. The lowest BCUT2D eigenvalue weighted by Gasteiger charge is -2.23. The van der Waals surface area contributed by atoms with Gasteiger partial charge in [-0.3, -0.25) is 4.79 Å². The number of hydrogen-bond donors (Lipinski definition) is 1. The number of rotatable bonds is 5. The molecule has 1 aromatic heterocycles. The van der Waals surface area contributed by atoms with E-state index in [1.165, 1.54) is 4.90 Å². The third kappa shape index (κ3) is 6.27. The predicted molar refractivity (Wildman–Crippen MR) is 85.7 cm³/mol. The van der Waals surface area contributed by atoms with E-state index in [1.54, 1.807) is 7.05 Å². The van der Waals surface area contributed by atoms with Crippen molar-refractivity contribution in [2.45, 2.75) is 38.4 Å². The number of nitrogens with one attached hydrogen (secondary N) is 1. The number of nitrogens with zero attached hydrogens (tertiary/aromatic N) is 2. The molecule has 2 rings (SSSR count). The molecule has 0 spiro atoms. The van der Waals surface area contributed by atoms with E-state index in [-0.39, 0.29) is 24.9 Å². The van der Waals surface area contributed by atoms with Gasteiger partial charge in [0.15, 0.2) is 5.69 Å². The maximum atomic E-state index is 12.5. The smallest absolute Gasteiger partial charge is 0.339 e. The molecule has 0 aliphatic carbocycles. The molecular weight excluding hydrogens is 351 g/mol. The molecule has 0 saturated carbocycles. The standard InChI is InChI=1S/C14H20F3N3OS.ClH/c1-20(8-12-19-11(9-22-12)14(15,16)17)13(21)3-2-10-4-6-18-7-5-10;/h9-10,18H,2-8H2,1H3;1H. The van der Waals surface area contributed by atoms with Crippen LogP contribution in [0.2, 0.25) is 0 Å². The number of thiazole rings is 1. The van der Waals surface area contributed by atoms with E-state index in [2.05, 4.69) is 10.3 Å². The van der Waals surface area contributed by atoms with Crippen LogP contribution in [0.5, 0.6) is 0 Å². The predicted octanol–water partition coefficient (Wildman–Crippen LogP) is 3.32. The van der Waals surface area contributed by atoms with Gasteiger partial charge in [0.2, 0.25) is 5.91 Å². The molecule has 23 heavy (non-hydrogen) atoms. The number of alkyl halides is 3. The highest BCUT2D eigenvalue weighted by Crippen LogP contribution is 2.30. The second-order valence-electron chi connectivity index (χ2n) is 5.61. The molecule has 1 aliphatic heterocycles. The minimum atomic E-state index is -4.42. The van der Waals surface area contributed by atoms with Gasteiger partial charge in [0.25, 0.3) is 0 Å². The Balaban J connectivity index is 0.00000264. The van der Waals surface area contributed by atoms with Crippen molar-refractivity contribution >= 4 is 29.7 Å². The molecule has 1 aliphatic rings. The monoisotopic (exact) mass is 371 g/mol. The first-order valence-electron chi connectivity index (χ1n) is 7.32. The Hall–Kier alpha value is -0.860. The fourth-order valence-corrected chi connectivity index (χ4v) is 3.35. The zero-order chi connectivity index (χ0) is 16.2. The summed E-state index contributed by atoms with van der Waals surface area (Å²) < 4.78 is 37.4. The molecule has 1 fully saturated rings. The highest BCUT2D eigenvalue weighted by Gasteiger charge is 2.33. The van der Waals surface area contributed by atoms with E-state index in [4.69, 9.17) is 0 Å². The lowest BCUT2D eigenvalue weighted by Crippen LogP contribution is -2.30. The zero-order valence-corrected chi connectivity index (χ0v) is 14.5. The van der Waals surface area contributed by atoms with Gasteiger partial charge in [0, 0.05) is 18.8 Å². The molecule has 9 heteroatoms. The van der Waals surface area contributed by atoms with Crippen molar-refractivity contribution < 1.29 is 18.0 Å². The molecule has 0 unspecified atom stereocenters. The normalized spacial score (nSPS) is 16.0. The molecule has 132 valence electrons. The first-order valence-corrected chi connectivity index (χ1v) is 8.20. The van der Waals surface area contributed by atoms with Gasteiger partial charge in [0.1, 0.15) is 5.01 Å². The summed E-state index contributed by atoms with van der Waals surface area (Å²) in [5, 5.41) is 4.58. The Bertz CT molecular complexity index is 504. The van der Waals surface area contributed by atoms with Crippen LogP contribution in [-0.2, 0) is 17.5 Å². The van der Waals surface area contributed by atoms with Gasteiger partial charge in [-0.2, -0.15) is 13.2 Å². The second-order valence-corrected chi connectivity index (χ2v) is 6.55. The third-order valence-electron chi connectivity index (χ3n) is 3.87. The van der Waals surface area contributed by atoms with Crippen molar-refractivity contribution in [1.29, 1.82) is 0 Å². The summed E-state index contributed by atoms with van der Waals surface area (Å²) >= 11 is 0.935. The molecule has 1 saturated heterocycles. The SMILES string of the molecule is CN(Cc1nc(C(F)(F)F)cs1)C(=O)CCC1CCNCC1.Cl. The van der Waals surface area contributed by atoms with Gasteiger partial charge in [-0.15, -0.1) is 23.7 Å². The van der Waals surface area contributed by atoms with Crippen LogP contribution in [0.1, 0.15) is 36.4 Å². The molecular formula is C14H21ClF3N3OS. The average molecular weight is 372 g/mol. The number of halogens is 4. The van der Waals surface area contributed by atoms with Crippen LogP contribution in [0.4, 0.5) is 13.2 Å². The minimum absolute atomic E-state index is 0. The number of amides is 1. The maximum absolute atomic E-state index is 12.5. The van der Waals surface area contributed by atoms with Crippen LogP contribution >= 0.6 is 23.7 Å². The van der Waals surface area contributed by atoms with Gasteiger partial charge in [-0.25, -0.2) is 4.98 Å². The number of hydrogen-bond acceptors (Lipinski definition) is 4. The van der Waals surface area contributed by atoms with Crippen molar-refractivity contribution in [3.63, 3.8) is 0 Å². The highest BCUT2D eigenvalue weighted by atomic mass is 35.5. The lowest BCUT2D eigenvalue weighted by atomic mass is 9.93. The number of carbonyl (C=O) groups excluding carboxylic acids is 1. The van der Waals surface area contributed by atoms with Crippen molar-refractivity contribution in [3.8, 4) is 0 Å². The summed E-state index contributed by atoms with van der Waals surface area (Å²) in [5.41, 5.74) is -0.886. The summed E-state index contributed by atoms with van der Waals surface area (Å²) in [7, 11) is 1.61. The summed E-state index contributed by atoms with van der Waals surface area (Å²) in [6.07, 6.45) is -0.974. The minimum Gasteiger partial charge on any atom is -0.339 e. The van der Waals surface area contributed by atoms with E-state index in [1.807, 2.05) is 0 Å². The maximum Gasteiger partial charge on any atom is 0.434 e. The van der Waals surface area contributed by atoms with Crippen molar-refractivity contribution in [2.75, 3.05) is 20.1 Å². The molecule has 0 aromatic carbocycles. The molecule has 0 bridgehead atoms. The van der Waals surface area contributed by atoms with Crippen LogP contribution in [0.3, 0.4) is 0 Å². The summed E-state index contributed by atoms with van der Waals surface area (Å²) in [6, 6.07) is 0. The molecule has 2 heterocycles. The molecule has 0 atom stereocenters. The van der Waals surface area contributed by atoms with Crippen LogP contribution in [0.15, 0.2) is 5.38 Å². The summed E-state index contributed by atoms with van der Waals surface area (Å²) in [5.74, 6) is 0.526. The van der Waals surface area contributed by atoms with E-state index in [0.29, 0.717) is 17.3 Å². The molecule has 1 aromatic rings. The quantitative estimate of drug-likeness (QED) is 0.863. The number of piperidine rings is 1. The van der Waals surface area contributed by atoms with Crippen LogP contribution < -0.4 is 5.32 Å². The summed E-state index contributed by atoms with van der Waals surface area (Å²) in [4.78, 5) is 17.1. The van der Waals surface area contributed by atoms with E-state index in [9.17, 15) is 18.0 Å². The first-order chi connectivity index (χ1) is 10.4. The van der Waals surface area contributed by atoms with E-state index < -0.39 is 11.9 Å². The largest absolute Gasteiger partial charge is 0.434 e. The van der Waals surface area contributed by atoms with Crippen molar-refractivity contribution in [2.24, 2.45) is 5.92 Å². The Labute approximate surface area is 143 Å². The Morgan fingerprint density at radius 3 is 2.65 bits per heavy atom. The van der Waals surface area contributed by atoms with Gasteiger partial charge >= 0.3 is 6.18 Å². The Kier molecular flexibility index (Phi) is 7.76.